The van der Waals surface area contributed by atoms with E-state index in [1.54, 1.807) is 9.34 Å². The number of hydrogen-bond acceptors (Lipinski definition) is 2. The Hall–Kier alpha value is -1.37. The number of nitrogens with zero attached hydrogens (tertiary/aromatic N) is 2. The molecular weight excluding hydrogens is 306 g/mol. The maximum absolute atomic E-state index is 12.7. The number of carbonyl (C=O) groups excluding carboxylic acids is 1. The number of nitrogens with one attached hydrogen (secondary N) is 1. The highest BCUT2D eigenvalue weighted by Gasteiger charge is 2.49. The van der Waals surface area contributed by atoms with Crippen molar-refractivity contribution in [2.24, 2.45) is 0 Å². The Kier molecular flexibility index (Phi) is 3.35. The summed E-state index contributed by atoms with van der Waals surface area (Å²) < 4.78 is 53.9. The molecule has 2 fully saturated rings. The van der Waals surface area contributed by atoms with Crippen LogP contribution >= 0.6 is 7.59 Å². The smallest absolute Gasteiger partial charge is 0.279 e. The molecule has 2 aliphatic rings. The van der Waals surface area contributed by atoms with Gasteiger partial charge in [0.15, 0.2) is 0 Å². The van der Waals surface area contributed by atoms with Gasteiger partial charge in [-0.15, -0.1) is 0 Å². The highest BCUT2D eigenvalue weighted by Crippen LogP contribution is 2.56. The number of halogens is 3. The average Bonchev–Trinajstić information content (AvgIpc) is 3.30. The van der Waals surface area contributed by atoms with Crippen molar-refractivity contribution >= 4 is 13.5 Å². The first kappa shape index (κ1) is 14.6. The lowest BCUT2D eigenvalue weighted by Crippen LogP contribution is -2.27. The van der Waals surface area contributed by atoms with E-state index in [2.05, 4.69) is 5.09 Å². The van der Waals surface area contributed by atoms with Crippen LogP contribution in [0.15, 0.2) is 24.3 Å². The normalized spacial score (nSPS) is 19.4. The summed E-state index contributed by atoms with van der Waals surface area (Å²) in [6.07, 6.45) is -4.51. The summed E-state index contributed by atoms with van der Waals surface area (Å²) in [6, 6.07) is 4.10. The van der Waals surface area contributed by atoms with Gasteiger partial charge in [-0.1, -0.05) is 6.07 Å². The van der Waals surface area contributed by atoms with Gasteiger partial charge in [0.1, 0.15) is 0 Å². The molecule has 0 unspecified atom stereocenters. The van der Waals surface area contributed by atoms with Gasteiger partial charge < -0.3 is 0 Å². The molecule has 9 heteroatoms. The highest BCUT2D eigenvalue weighted by molar-refractivity contribution is 7.58. The lowest BCUT2D eigenvalue weighted by Gasteiger charge is -2.21. The quantitative estimate of drug-likeness (QED) is 0.683. The van der Waals surface area contributed by atoms with Crippen LogP contribution in [0.4, 0.5) is 13.2 Å². The molecule has 114 valence electrons. The molecule has 0 spiro atoms. The second-order valence-electron chi connectivity index (χ2n) is 4.97. The van der Waals surface area contributed by atoms with E-state index in [1.165, 1.54) is 6.07 Å². The Labute approximate surface area is 119 Å². The van der Waals surface area contributed by atoms with Crippen molar-refractivity contribution < 1.29 is 22.5 Å². The van der Waals surface area contributed by atoms with Crippen molar-refractivity contribution in [3.8, 4) is 0 Å². The molecule has 2 heterocycles. The molecule has 1 amide bonds. The van der Waals surface area contributed by atoms with Gasteiger partial charge in [0.25, 0.3) is 5.91 Å². The molecule has 1 aromatic carbocycles. The largest absolute Gasteiger partial charge is 0.416 e. The fourth-order valence-corrected chi connectivity index (χ4v) is 4.28. The van der Waals surface area contributed by atoms with Gasteiger partial charge in [0, 0.05) is 31.7 Å². The number of benzene rings is 1. The van der Waals surface area contributed by atoms with Gasteiger partial charge in [0.05, 0.1) is 5.56 Å². The molecule has 0 radical (unpaired) electrons. The molecule has 0 atom stereocenters. The van der Waals surface area contributed by atoms with E-state index in [0.717, 1.165) is 18.2 Å². The first-order chi connectivity index (χ1) is 9.80. The minimum Gasteiger partial charge on any atom is -0.279 e. The minimum atomic E-state index is -4.51. The number of amides is 1. The summed E-state index contributed by atoms with van der Waals surface area (Å²) in [4.78, 5) is 12.1. The average molecular weight is 319 g/mol. The van der Waals surface area contributed by atoms with Crippen LogP contribution in [0.2, 0.25) is 0 Å². The Balaban J connectivity index is 1.80. The van der Waals surface area contributed by atoms with Crippen LogP contribution in [0, 0.1) is 0 Å². The lowest BCUT2D eigenvalue weighted by atomic mass is 10.1. The van der Waals surface area contributed by atoms with Crippen LogP contribution in [0.25, 0.3) is 0 Å². The van der Waals surface area contributed by atoms with Gasteiger partial charge >= 0.3 is 13.8 Å². The Morgan fingerprint density at radius 3 is 2.19 bits per heavy atom. The predicted octanol–water partition coefficient (Wildman–Crippen LogP) is 2.17. The fourth-order valence-electron chi connectivity index (χ4n) is 1.99. The molecule has 21 heavy (non-hydrogen) atoms. The molecule has 1 aromatic rings. The van der Waals surface area contributed by atoms with Crippen LogP contribution in [0.1, 0.15) is 15.9 Å². The zero-order valence-corrected chi connectivity index (χ0v) is 11.8. The standard InChI is InChI=1S/C12H13F3N3O2P/c13-12(14,15)10-3-1-2-9(8-10)11(19)16-21(20,17-4-5-17)18-6-7-18/h1-3,8H,4-7H2,(H,16,19,20). The van der Waals surface area contributed by atoms with Crippen molar-refractivity contribution in [2.75, 3.05) is 26.2 Å². The summed E-state index contributed by atoms with van der Waals surface area (Å²) in [6.45, 7) is 2.49. The maximum atomic E-state index is 12.7. The third kappa shape index (κ3) is 2.97. The molecule has 0 bridgehead atoms. The van der Waals surface area contributed by atoms with E-state index < -0.39 is 25.2 Å². The number of carbonyl (C=O) groups is 1. The Bertz CT molecular complexity index is 610. The summed E-state index contributed by atoms with van der Waals surface area (Å²) in [7, 11) is -3.13. The monoisotopic (exact) mass is 319 g/mol. The van der Waals surface area contributed by atoms with E-state index in [-0.39, 0.29) is 5.56 Å². The first-order valence-electron chi connectivity index (χ1n) is 6.41. The minimum absolute atomic E-state index is 0.145. The molecule has 2 saturated heterocycles. The molecule has 3 rings (SSSR count). The molecule has 0 aliphatic carbocycles. The number of hydrogen-bond donors (Lipinski definition) is 1. The van der Waals surface area contributed by atoms with Crippen molar-refractivity contribution in [1.29, 1.82) is 0 Å². The molecule has 0 saturated carbocycles. The van der Waals surface area contributed by atoms with Gasteiger partial charge in [0.2, 0.25) is 0 Å². The van der Waals surface area contributed by atoms with Gasteiger partial charge in [-0.25, -0.2) is 9.34 Å². The topological polar surface area (TPSA) is 52.2 Å². The van der Waals surface area contributed by atoms with E-state index in [0.29, 0.717) is 26.2 Å². The fraction of sp³-hybridized carbons (Fsp3) is 0.417. The Morgan fingerprint density at radius 2 is 1.71 bits per heavy atom. The molecule has 2 aliphatic heterocycles. The van der Waals surface area contributed by atoms with E-state index in [1.807, 2.05) is 0 Å². The number of alkyl halides is 3. The van der Waals surface area contributed by atoms with Crippen molar-refractivity contribution in [2.45, 2.75) is 6.18 Å². The van der Waals surface area contributed by atoms with Crippen molar-refractivity contribution in [3.63, 3.8) is 0 Å². The van der Waals surface area contributed by atoms with E-state index in [9.17, 15) is 22.5 Å². The van der Waals surface area contributed by atoms with Crippen molar-refractivity contribution in [3.05, 3.63) is 35.4 Å². The summed E-state index contributed by atoms with van der Waals surface area (Å²) in [5.74, 6) is -0.747. The first-order valence-corrected chi connectivity index (χ1v) is 8.03. The predicted molar refractivity (Wildman–Crippen MR) is 69.7 cm³/mol. The SMILES string of the molecule is O=C(NP(=O)(N1CC1)N1CC1)c1cccc(C(F)(F)F)c1. The molecule has 1 N–H and O–H groups in total. The third-order valence-electron chi connectivity index (χ3n) is 3.31. The van der Waals surface area contributed by atoms with Crippen LogP contribution < -0.4 is 5.09 Å². The van der Waals surface area contributed by atoms with Crippen LogP contribution in [-0.4, -0.2) is 41.4 Å². The van der Waals surface area contributed by atoms with Crippen LogP contribution in [0.3, 0.4) is 0 Å². The van der Waals surface area contributed by atoms with Crippen LogP contribution in [-0.2, 0) is 10.7 Å². The van der Waals surface area contributed by atoms with Crippen LogP contribution in [0.5, 0.6) is 0 Å². The van der Waals surface area contributed by atoms with Gasteiger partial charge in [-0.05, 0) is 18.2 Å². The van der Waals surface area contributed by atoms with Crippen molar-refractivity contribution in [1.82, 2.24) is 14.4 Å². The summed E-state index contributed by atoms with van der Waals surface area (Å²) in [5.41, 5.74) is -1.04. The molecule has 5 nitrogen and oxygen atoms in total. The zero-order valence-electron chi connectivity index (χ0n) is 10.9. The second kappa shape index (κ2) is 4.83. The van der Waals surface area contributed by atoms with Gasteiger partial charge in [-0.3, -0.25) is 14.4 Å². The van der Waals surface area contributed by atoms with Gasteiger partial charge in [-0.2, -0.15) is 13.2 Å². The molecular formula is C12H13F3N3O2P. The Morgan fingerprint density at radius 1 is 1.14 bits per heavy atom. The van der Waals surface area contributed by atoms with E-state index in [4.69, 9.17) is 0 Å². The summed E-state index contributed by atoms with van der Waals surface area (Å²) in [5, 5.41) is 2.41. The number of rotatable bonds is 4. The zero-order chi connectivity index (χ0) is 15.3. The maximum Gasteiger partial charge on any atom is 0.416 e. The molecule has 0 aromatic heterocycles. The summed E-state index contributed by atoms with van der Waals surface area (Å²) >= 11 is 0. The highest BCUT2D eigenvalue weighted by atomic mass is 31.2. The lowest BCUT2D eigenvalue weighted by molar-refractivity contribution is -0.137. The second-order valence-corrected chi connectivity index (χ2v) is 7.41. The third-order valence-corrected chi connectivity index (χ3v) is 6.14. The van der Waals surface area contributed by atoms with E-state index >= 15 is 0 Å².